The molecule has 4 atom stereocenters. The van der Waals surface area contributed by atoms with Gasteiger partial charge in [-0.1, -0.05) is 0 Å². The van der Waals surface area contributed by atoms with Crippen LogP contribution in [0.2, 0.25) is 0 Å². The zero-order chi connectivity index (χ0) is 14.9. The minimum atomic E-state index is -1.24. The third kappa shape index (κ3) is 2.68. The van der Waals surface area contributed by atoms with E-state index in [1.165, 1.54) is 10.8 Å². The van der Waals surface area contributed by atoms with Gasteiger partial charge in [0, 0.05) is 18.3 Å². The van der Waals surface area contributed by atoms with E-state index in [9.17, 15) is 15.0 Å². The molecule has 2 rings (SSSR count). The van der Waals surface area contributed by atoms with E-state index in [1.54, 1.807) is 7.05 Å². The molecule has 1 aromatic rings. The highest BCUT2D eigenvalue weighted by atomic mass is 32.1. The first-order valence-corrected chi connectivity index (χ1v) is 6.51. The highest BCUT2D eigenvalue weighted by molar-refractivity contribution is 7.71. The second-order valence-corrected chi connectivity index (χ2v) is 4.97. The van der Waals surface area contributed by atoms with E-state index < -0.39 is 31.1 Å². The largest absolute Gasteiger partial charge is 0.394 e. The van der Waals surface area contributed by atoms with Crippen molar-refractivity contribution in [3.63, 3.8) is 0 Å². The van der Waals surface area contributed by atoms with Crippen molar-refractivity contribution < 1.29 is 20.1 Å². The lowest BCUT2D eigenvalue weighted by Gasteiger charge is -2.19. The van der Waals surface area contributed by atoms with E-state index in [0.29, 0.717) is 12.1 Å². The number of rotatable bonds is 4. The van der Waals surface area contributed by atoms with Gasteiger partial charge in [0.2, 0.25) is 0 Å². The Morgan fingerprint density at radius 2 is 2.20 bits per heavy atom. The second kappa shape index (κ2) is 6.12. The summed E-state index contributed by atoms with van der Waals surface area (Å²) in [5.41, 5.74) is 0.0891. The molecule has 0 aromatic carbocycles. The van der Waals surface area contributed by atoms with Gasteiger partial charge in [0.1, 0.15) is 18.3 Å². The quantitative estimate of drug-likeness (QED) is 0.418. The first-order valence-electron chi connectivity index (χ1n) is 6.11. The van der Waals surface area contributed by atoms with E-state index in [2.05, 4.69) is 10.3 Å². The van der Waals surface area contributed by atoms with Crippen LogP contribution < -0.4 is 10.9 Å². The lowest BCUT2D eigenvalue weighted by Crippen LogP contribution is -2.33. The second-order valence-electron chi connectivity index (χ2n) is 4.58. The molecule has 5 N–H and O–H groups in total. The average molecular weight is 303 g/mol. The van der Waals surface area contributed by atoms with Crippen molar-refractivity contribution >= 4 is 12.2 Å². The van der Waals surface area contributed by atoms with E-state index in [1.807, 2.05) is 0 Å². The fourth-order valence-corrected chi connectivity index (χ4v) is 2.39. The molecular formula is C11H17N3O5S. The molecule has 112 valence electrons. The molecule has 20 heavy (non-hydrogen) atoms. The standard InChI is InChI=1S/C11H17N3O5S/c1-12-2-5-3-14(11(20)13-9(5)18)10-8(17)7(16)6(4-15)19-10/h3,6-8,10,12,15-17H,2,4H2,1H3,(H,13,18,20). The number of aromatic amines is 1. The normalized spacial score (nSPS) is 29.8. The van der Waals surface area contributed by atoms with Gasteiger partial charge in [-0.15, -0.1) is 0 Å². The zero-order valence-corrected chi connectivity index (χ0v) is 11.6. The molecule has 1 aromatic heterocycles. The molecule has 0 spiro atoms. The van der Waals surface area contributed by atoms with Crippen LogP contribution in [-0.4, -0.2) is 56.8 Å². The minimum absolute atomic E-state index is 0.0738. The van der Waals surface area contributed by atoms with Crippen molar-refractivity contribution in [1.82, 2.24) is 14.9 Å². The molecule has 0 aliphatic carbocycles. The van der Waals surface area contributed by atoms with Gasteiger partial charge in [-0.05, 0) is 19.3 Å². The molecule has 0 amide bonds. The molecule has 0 bridgehead atoms. The smallest absolute Gasteiger partial charge is 0.256 e. The first-order chi connectivity index (χ1) is 9.49. The summed E-state index contributed by atoms with van der Waals surface area (Å²) in [5, 5.41) is 31.6. The summed E-state index contributed by atoms with van der Waals surface area (Å²) in [6, 6.07) is 0. The molecule has 1 saturated heterocycles. The number of nitrogens with one attached hydrogen (secondary N) is 2. The SMILES string of the molecule is CNCc1cn(C2OC(CO)C(O)C2O)c(=S)[nH]c1=O. The summed E-state index contributed by atoms with van der Waals surface area (Å²) in [6.07, 6.45) is -2.84. The summed E-state index contributed by atoms with van der Waals surface area (Å²) >= 11 is 5.04. The van der Waals surface area contributed by atoms with Gasteiger partial charge < -0.3 is 25.4 Å². The summed E-state index contributed by atoms with van der Waals surface area (Å²) in [7, 11) is 1.69. The summed E-state index contributed by atoms with van der Waals surface area (Å²) in [6.45, 7) is -0.103. The summed E-state index contributed by atoms with van der Waals surface area (Å²) in [4.78, 5) is 14.2. The molecular weight excluding hydrogens is 286 g/mol. The minimum Gasteiger partial charge on any atom is -0.394 e. The van der Waals surface area contributed by atoms with Crippen LogP contribution in [-0.2, 0) is 11.3 Å². The monoisotopic (exact) mass is 303 g/mol. The van der Waals surface area contributed by atoms with E-state index in [0.717, 1.165) is 0 Å². The zero-order valence-electron chi connectivity index (χ0n) is 10.8. The molecule has 1 fully saturated rings. The Hall–Kier alpha value is -1.10. The topological polar surface area (TPSA) is 120 Å². The van der Waals surface area contributed by atoms with Crippen molar-refractivity contribution in [2.45, 2.75) is 31.1 Å². The van der Waals surface area contributed by atoms with E-state index in [4.69, 9.17) is 22.1 Å². The average Bonchev–Trinajstić information content (AvgIpc) is 2.70. The number of hydrogen-bond donors (Lipinski definition) is 5. The Morgan fingerprint density at radius 1 is 1.50 bits per heavy atom. The van der Waals surface area contributed by atoms with Gasteiger partial charge in [0.15, 0.2) is 11.0 Å². The summed E-state index contributed by atoms with van der Waals surface area (Å²) < 4.78 is 6.82. The predicted octanol–water partition coefficient (Wildman–Crippen LogP) is -1.76. The number of H-pyrrole nitrogens is 1. The first kappa shape index (κ1) is 15.3. The fourth-order valence-electron chi connectivity index (χ4n) is 2.14. The lowest BCUT2D eigenvalue weighted by molar-refractivity contribution is -0.0542. The maximum Gasteiger partial charge on any atom is 0.256 e. The number of ether oxygens (including phenoxy) is 1. The van der Waals surface area contributed by atoms with Crippen molar-refractivity contribution in [1.29, 1.82) is 0 Å². The van der Waals surface area contributed by atoms with Crippen molar-refractivity contribution in [3.05, 3.63) is 26.9 Å². The van der Waals surface area contributed by atoms with Crippen LogP contribution in [0.4, 0.5) is 0 Å². The molecule has 0 radical (unpaired) electrons. The molecule has 1 aliphatic rings. The Morgan fingerprint density at radius 3 is 2.75 bits per heavy atom. The van der Waals surface area contributed by atoms with Crippen molar-refractivity contribution in [3.8, 4) is 0 Å². The third-order valence-electron chi connectivity index (χ3n) is 3.20. The number of hydrogen-bond acceptors (Lipinski definition) is 7. The van der Waals surface area contributed by atoms with Gasteiger partial charge in [-0.3, -0.25) is 14.3 Å². The van der Waals surface area contributed by atoms with Crippen molar-refractivity contribution in [2.24, 2.45) is 0 Å². The highest BCUT2D eigenvalue weighted by Crippen LogP contribution is 2.29. The molecule has 0 saturated carbocycles. The van der Waals surface area contributed by atoms with Crippen LogP contribution in [0.3, 0.4) is 0 Å². The number of nitrogens with zero attached hydrogens (tertiary/aromatic N) is 1. The molecule has 1 aliphatic heterocycles. The highest BCUT2D eigenvalue weighted by Gasteiger charge is 2.43. The van der Waals surface area contributed by atoms with Crippen LogP contribution in [0.15, 0.2) is 11.0 Å². The maximum absolute atomic E-state index is 11.7. The van der Waals surface area contributed by atoms with Crippen molar-refractivity contribution in [2.75, 3.05) is 13.7 Å². The summed E-state index contributed by atoms with van der Waals surface area (Å²) in [5.74, 6) is 0. The maximum atomic E-state index is 11.7. The number of aromatic nitrogens is 2. The lowest BCUT2D eigenvalue weighted by atomic mass is 10.1. The third-order valence-corrected chi connectivity index (χ3v) is 3.51. The van der Waals surface area contributed by atoms with E-state index in [-0.39, 0.29) is 10.3 Å². The predicted molar refractivity (Wildman–Crippen MR) is 71.7 cm³/mol. The Balaban J connectivity index is 2.40. The van der Waals surface area contributed by atoms with Gasteiger partial charge in [-0.25, -0.2) is 0 Å². The Labute approximate surface area is 119 Å². The van der Waals surface area contributed by atoms with Crippen LogP contribution in [0.5, 0.6) is 0 Å². The van der Waals surface area contributed by atoms with Crippen LogP contribution in [0.1, 0.15) is 11.8 Å². The Kier molecular flexibility index (Phi) is 4.68. The van der Waals surface area contributed by atoms with Gasteiger partial charge >= 0.3 is 0 Å². The number of aliphatic hydroxyl groups excluding tert-OH is 3. The van der Waals surface area contributed by atoms with Gasteiger partial charge in [0.25, 0.3) is 5.56 Å². The van der Waals surface area contributed by atoms with Crippen LogP contribution >= 0.6 is 12.2 Å². The number of aliphatic hydroxyl groups is 3. The van der Waals surface area contributed by atoms with Gasteiger partial charge in [-0.2, -0.15) is 0 Å². The van der Waals surface area contributed by atoms with E-state index >= 15 is 0 Å². The molecule has 4 unspecified atom stereocenters. The molecule has 9 heteroatoms. The Bertz CT molecular complexity index is 586. The van der Waals surface area contributed by atoms with Gasteiger partial charge in [0.05, 0.1) is 6.61 Å². The fraction of sp³-hybridized carbons (Fsp3) is 0.636. The molecule has 8 nitrogen and oxygen atoms in total. The van der Waals surface area contributed by atoms with Crippen LogP contribution in [0.25, 0.3) is 0 Å². The van der Waals surface area contributed by atoms with Crippen LogP contribution in [0, 0.1) is 4.77 Å². The molecule has 2 heterocycles.